The van der Waals surface area contributed by atoms with Gasteiger partial charge >= 0.3 is 0 Å². The van der Waals surface area contributed by atoms with Crippen LogP contribution in [0.25, 0.3) is 11.4 Å². The molecule has 1 N–H and O–H groups in total. The predicted octanol–water partition coefficient (Wildman–Crippen LogP) is 4.49. The summed E-state index contributed by atoms with van der Waals surface area (Å²) in [7, 11) is 0. The number of hydrogen-bond acceptors (Lipinski definition) is 6. The van der Waals surface area contributed by atoms with Crippen LogP contribution in [0.4, 0.5) is 5.69 Å². The van der Waals surface area contributed by atoms with E-state index in [1.807, 2.05) is 50.2 Å². The highest BCUT2D eigenvalue weighted by Gasteiger charge is 2.25. The Labute approximate surface area is 177 Å². The van der Waals surface area contributed by atoms with Crippen molar-refractivity contribution in [3.05, 3.63) is 60.2 Å². The molecule has 0 bridgehead atoms. The third-order valence-electron chi connectivity index (χ3n) is 5.01. The lowest BCUT2D eigenvalue weighted by molar-refractivity contribution is 0.0914. The number of nitrogens with one attached hydrogen (secondary N) is 1. The number of carbonyl (C=O) groups is 1. The highest BCUT2D eigenvalue weighted by Crippen LogP contribution is 2.24. The van der Waals surface area contributed by atoms with Crippen LogP contribution < -0.4 is 10.2 Å². The number of benzene rings is 1. The first-order valence-electron chi connectivity index (χ1n) is 10.3. The van der Waals surface area contributed by atoms with Crippen LogP contribution in [0.3, 0.4) is 0 Å². The molecule has 0 aliphatic rings. The fraction of sp³-hybridized carbons (Fsp3) is 0.391. The summed E-state index contributed by atoms with van der Waals surface area (Å²) < 4.78 is 5.46. The number of pyridine rings is 1. The molecule has 1 aromatic carbocycles. The van der Waals surface area contributed by atoms with Gasteiger partial charge in [-0.25, -0.2) is 0 Å². The number of nitrogens with zero attached hydrogens (tertiary/aromatic N) is 4. The molecular formula is C23H29N5O2. The average Bonchev–Trinajstić information content (AvgIpc) is 3.23. The van der Waals surface area contributed by atoms with Gasteiger partial charge < -0.3 is 14.7 Å². The summed E-state index contributed by atoms with van der Waals surface area (Å²) in [6.07, 6.45) is 3.36. The zero-order chi connectivity index (χ0) is 21.7. The summed E-state index contributed by atoms with van der Waals surface area (Å²) in [6, 6.07) is 11.3. The molecule has 1 unspecified atom stereocenters. The zero-order valence-corrected chi connectivity index (χ0v) is 18.2. The Morgan fingerprint density at radius 1 is 1.13 bits per heavy atom. The van der Waals surface area contributed by atoms with Crippen LogP contribution >= 0.6 is 0 Å². The van der Waals surface area contributed by atoms with Crippen LogP contribution in [0.1, 0.15) is 56.9 Å². The summed E-state index contributed by atoms with van der Waals surface area (Å²) in [4.78, 5) is 23.7. The molecule has 0 saturated heterocycles. The van der Waals surface area contributed by atoms with E-state index in [4.69, 9.17) is 4.52 Å². The molecular weight excluding hydrogens is 378 g/mol. The lowest BCUT2D eigenvalue weighted by Crippen LogP contribution is -2.32. The molecule has 7 nitrogen and oxygen atoms in total. The van der Waals surface area contributed by atoms with Crippen LogP contribution in [-0.2, 0) is 0 Å². The maximum Gasteiger partial charge on any atom is 0.251 e. The van der Waals surface area contributed by atoms with E-state index in [9.17, 15) is 4.79 Å². The SMILES string of the molecule is CCN(c1ccc(C(=O)NC(c2nc(-c3cccnc3)no2)C(C)C)cc1)C(C)C. The predicted molar refractivity (Wildman–Crippen MR) is 117 cm³/mol. The Balaban J connectivity index is 1.76. The van der Waals surface area contributed by atoms with E-state index >= 15 is 0 Å². The molecule has 2 aromatic heterocycles. The van der Waals surface area contributed by atoms with Crippen molar-refractivity contribution in [1.29, 1.82) is 0 Å². The van der Waals surface area contributed by atoms with E-state index < -0.39 is 6.04 Å². The normalized spacial score (nSPS) is 12.2. The second kappa shape index (κ2) is 9.52. The average molecular weight is 408 g/mol. The maximum atomic E-state index is 12.9. The second-order valence-corrected chi connectivity index (χ2v) is 7.82. The van der Waals surface area contributed by atoms with Crippen molar-refractivity contribution in [1.82, 2.24) is 20.4 Å². The molecule has 3 rings (SSSR count). The molecule has 7 heteroatoms. The molecule has 0 saturated carbocycles. The van der Waals surface area contributed by atoms with Gasteiger partial charge in [0.2, 0.25) is 11.7 Å². The van der Waals surface area contributed by atoms with E-state index in [0.717, 1.165) is 17.8 Å². The third kappa shape index (κ3) is 4.84. The van der Waals surface area contributed by atoms with Crippen molar-refractivity contribution in [2.75, 3.05) is 11.4 Å². The summed E-state index contributed by atoms with van der Waals surface area (Å²) in [5.41, 5.74) is 2.46. The number of aromatic nitrogens is 3. The molecule has 0 aliphatic carbocycles. The summed E-state index contributed by atoms with van der Waals surface area (Å²) in [6.45, 7) is 11.4. The summed E-state index contributed by atoms with van der Waals surface area (Å²) >= 11 is 0. The number of amides is 1. The first-order valence-corrected chi connectivity index (χ1v) is 10.3. The molecule has 30 heavy (non-hydrogen) atoms. The Morgan fingerprint density at radius 3 is 2.43 bits per heavy atom. The fourth-order valence-electron chi connectivity index (χ4n) is 3.36. The topological polar surface area (TPSA) is 84.2 Å². The van der Waals surface area contributed by atoms with E-state index in [1.165, 1.54) is 0 Å². The van der Waals surface area contributed by atoms with Gasteiger partial charge in [-0.05, 0) is 63.1 Å². The molecule has 3 aromatic rings. The molecule has 0 aliphatic heterocycles. The van der Waals surface area contributed by atoms with Crippen LogP contribution in [0.5, 0.6) is 0 Å². The number of rotatable bonds is 8. The monoisotopic (exact) mass is 407 g/mol. The standard InChI is InChI=1S/C23H29N5O2/c1-6-28(16(4)5)19-11-9-17(10-12-19)22(29)25-20(15(2)3)23-26-21(27-30-23)18-8-7-13-24-14-18/h7-16,20H,6H2,1-5H3,(H,25,29). The van der Waals surface area contributed by atoms with Crippen molar-refractivity contribution >= 4 is 11.6 Å². The highest BCUT2D eigenvalue weighted by atomic mass is 16.5. The maximum absolute atomic E-state index is 12.9. The molecule has 1 amide bonds. The van der Waals surface area contributed by atoms with Gasteiger partial charge in [0.05, 0.1) is 0 Å². The van der Waals surface area contributed by atoms with Gasteiger partial charge in [0.25, 0.3) is 5.91 Å². The Bertz CT molecular complexity index is 951. The molecule has 0 spiro atoms. The molecule has 0 radical (unpaired) electrons. The van der Waals surface area contributed by atoms with E-state index in [-0.39, 0.29) is 11.8 Å². The van der Waals surface area contributed by atoms with Gasteiger partial charge in [0, 0.05) is 41.8 Å². The molecule has 2 heterocycles. The Kier molecular flexibility index (Phi) is 6.82. The van der Waals surface area contributed by atoms with Gasteiger partial charge in [0.1, 0.15) is 6.04 Å². The minimum absolute atomic E-state index is 0.0759. The van der Waals surface area contributed by atoms with Gasteiger partial charge in [-0.2, -0.15) is 4.98 Å². The van der Waals surface area contributed by atoms with Gasteiger partial charge in [0.15, 0.2) is 0 Å². The summed E-state index contributed by atoms with van der Waals surface area (Å²) in [5, 5.41) is 7.08. The first kappa shape index (κ1) is 21.5. The first-order chi connectivity index (χ1) is 14.4. The molecule has 0 fully saturated rings. The van der Waals surface area contributed by atoms with E-state index in [0.29, 0.717) is 23.3 Å². The van der Waals surface area contributed by atoms with E-state index in [2.05, 4.69) is 46.1 Å². The van der Waals surface area contributed by atoms with Gasteiger partial charge in [-0.3, -0.25) is 9.78 Å². The number of carbonyl (C=O) groups excluding carboxylic acids is 1. The van der Waals surface area contributed by atoms with Crippen LogP contribution in [0.2, 0.25) is 0 Å². The minimum atomic E-state index is -0.391. The van der Waals surface area contributed by atoms with Crippen molar-refractivity contribution in [2.24, 2.45) is 5.92 Å². The quantitative estimate of drug-likeness (QED) is 0.592. The van der Waals surface area contributed by atoms with Crippen molar-refractivity contribution in [3.63, 3.8) is 0 Å². The second-order valence-electron chi connectivity index (χ2n) is 7.82. The minimum Gasteiger partial charge on any atom is -0.369 e. The highest BCUT2D eigenvalue weighted by molar-refractivity contribution is 5.94. The Morgan fingerprint density at radius 2 is 1.87 bits per heavy atom. The van der Waals surface area contributed by atoms with Crippen molar-refractivity contribution in [3.8, 4) is 11.4 Å². The lowest BCUT2D eigenvalue weighted by atomic mass is 10.0. The van der Waals surface area contributed by atoms with Crippen LogP contribution in [0.15, 0.2) is 53.3 Å². The number of hydrogen-bond donors (Lipinski definition) is 1. The zero-order valence-electron chi connectivity index (χ0n) is 18.2. The van der Waals surface area contributed by atoms with Crippen LogP contribution in [-0.4, -0.2) is 33.6 Å². The molecule has 1 atom stereocenters. The molecule has 158 valence electrons. The largest absolute Gasteiger partial charge is 0.369 e. The van der Waals surface area contributed by atoms with E-state index in [1.54, 1.807) is 12.4 Å². The van der Waals surface area contributed by atoms with Crippen molar-refractivity contribution < 1.29 is 9.32 Å². The lowest BCUT2D eigenvalue weighted by Gasteiger charge is -2.27. The van der Waals surface area contributed by atoms with Gasteiger partial charge in [-0.15, -0.1) is 0 Å². The van der Waals surface area contributed by atoms with Crippen molar-refractivity contribution in [2.45, 2.75) is 46.7 Å². The van der Waals surface area contributed by atoms with Crippen LogP contribution in [0, 0.1) is 5.92 Å². The fourth-order valence-corrected chi connectivity index (χ4v) is 3.36. The Hall–Kier alpha value is -3.22. The summed E-state index contributed by atoms with van der Waals surface area (Å²) in [5.74, 6) is 0.738. The third-order valence-corrected chi connectivity index (χ3v) is 5.01. The van der Waals surface area contributed by atoms with Gasteiger partial charge in [-0.1, -0.05) is 19.0 Å². The number of anilines is 1. The smallest absolute Gasteiger partial charge is 0.251 e.